The molecule has 2 heterocycles. The molecule has 0 N–H and O–H groups in total. The van der Waals surface area contributed by atoms with Gasteiger partial charge in [-0.3, -0.25) is 0 Å². The van der Waals surface area contributed by atoms with Gasteiger partial charge in [0.25, 0.3) is 0 Å². The molecule has 0 bridgehead atoms. The summed E-state index contributed by atoms with van der Waals surface area (Å²) in [7, 11) is 0. The van der Waals surface area contributed by atoms with E-state index >= 15 is 0 Å². The zero-order valence-corrected chi connectivity index (χ0v) is 8.65. The van der Waals surface area contributed by atoms with Crippen molar-refractivity contribution < 1.29 is 0 Å². The van der Waals surface area contributed by atoms with Gasteiger partial charge in [0, 0.05) is 18.9 Å². The molecule has 0 aliphatic carbocycles. The van der Waals surface area contributed by atoms with Gasteiger partial charge < -0.3 is 4.57 Å². The van der Waals surface area contributed by atoms with Crippen molar-refractivity contribution >= 4 is 11.6 Å². The maximum absolute atomic E-state index is 8.83. The quantitative estimate of drug-likeness (QED) is 0.726. The fourth-order valence-corrected chi connectivity index (χ4v) is 1.59. The molecule has 0 aliphatic rings. The van der Waals surface area contributed by atoms with Gasteiger partial charge >= 0.3 is 0 Å². The molecule has 15 heavy (non-hydrogen) atoms. The Kier molecular flexibility index (Phi) is 2.70. The molecule has 4 heteroatoms. The summed E-state index contributed by atoms with van der Waals surface area (Å²) < 4.78 is 1.87. The Morgan fingerprint density at radius 2 is 2.33 bits per heavy atom. The Bertz CT molecular complexity index is 511. The number of nitrogens with zero attached hydrogens (tertiary/aromatic N) is 3. The SMILES string of the molecule is N#Cc1cccn1Cc1ccnc(Cl)c1. The Hall–Kier alpha value is -1.79. The third kappa shape index (κ3) is 2.17. The fourth-order valence-electron chi connectivity index (χ4n) is 1.39. The molecular weight excluding hydrogens is 210 g/mol. The lowest BCUT2D eigenvalue weighted by Crippen LogP contribution is -2.00. The summed E-state index contributed by atoms with van der Waals surface area (Å²) in [5, 5.41) is 9.30. The third-order valence-electron chi connectivity index (χ3n) is 2.09. The van der Waals surface area contributed by atoms with E-state index in [-0.39, 0.29) is 0 Å². The van der Waals surface area contributed by atoms with Crippen LogP contribution in [0.15, 0.2) is 36.7 Å². The second kappa shape index (κ2) is 4.16. The van der Waals surface area contributed by atoms with Crippen molar-refractivity contribution in [1.29, 1.82) is 5.26 Å². The number of halogens is 1. The molecule has 0 fully saturated rings. The second-order valence-electron chi connectivity index (χ2n) is 3.12. The number of pyridine rings is 1. The monoisotopic (exact) mass is 217 g/mol. The van der Waals surface area contributed by atoms with Gasteiger partial charge in [-0.25, -0.2) is 4.98 Å². The number of hydrogen-bond donors (Lipinski definition) is 0. The molecule has 2 aromatic heterocycles. The Labute approximate surface area is 92.6 Å². The van der Waals surface area contributed by atoms with Crippen LogP contribution in [0.4, 0.5) is 0 Å². The number of nitriles is 1. The fraction of sp³-hybridized carbons (Fsp3) is 0.0909. The first-order chi connectivity index (χ1) is 7.29. The van der Waals surface area contributed by atoms with E-state index in [1.165, 1.54) is 0 Å². The Balaban J connectivity index is 2.26. The highest BCUT2D eigenvalue weighted by atomic mass is 35.5. The predicted octanol–water partition coefficient (Wildman–Crippen LogP) is 2.46. The third-order valence-corrected chi connectivity index (χ3v) is 2.29. The predicted molar refractivity (Wildman–Crippen MR) is 57.5 cm³/mol. The van der Waals surface area contributed by atoms with Crippen molar-refractivity contribution in [2.24, 2.45) is 0 Å². The van der Waals surface area contributed by atoms with E-state index in [1.807, 2.05) is 22.9 Å². The topological polar surface area (TPSA) is 41.6 Å². The van der Waals surface area contributed by atoms with E-state index in [0.29, 0.717) is 17.4 Å². The van der Waals surface area contributed by atoms with Crippen LogP contribution in [0.1, 0.15) is 11.3 Å². The van der Waals surface area contributed by atoms with Gasteiger partial charge in [-0.15, -0.1) is 0 Å². The molecule has 0 aliphatic heterocycles. The number of hydrogen-bond acceptors (Lipinski definition) is 2. The van der Waals surface area contributed by atoms with Gasteiger partial charge in [-0.05, 0) is 29.8 Å². The number of rotatable bonds is 2. The van der Waals surface area contributed by atoms with E-state index in [1.54, 1.807) is 18.3 Å². The smallest absolute Gasteiger partial charge is 0.129 e. The molecule has 0 saturated heterocycles. The zero-order chi connectivity index (χ0) is 10.7. The van der Waals surface area contributed by atoms with E-state index in [0.717, 1.165) is 5.56 Å². The van der Waals surface area contributed by atoms with Crippen molar-refractivity contribution in [3.8, 4) is 6.07 Å². The molecule has 0 amide bonds. The van der Waals surface area contributed by atoms with Crippen LogP contribution in [0.2, 0.25) is 5.15 Å². The summed E-state index contributed by atoms with van der Waals surface area (Å²) >= 11 is 5.77. The minimum Gasteiger partial charge on any atom is -0.335 e. The summed E-state index contributed by atoms with van der Waals surface area (Å²) in [5.41, 5.74) is 1.67. The molecule has 0 radical (unpaired) electrons. The van der Waals surface area contributed by atoms with Crippen molar-refractivity contribution in [2.75, 3.05) is 0 Å². The minimum atomic E-state index is 0.471. The highest BCUT2D eigenvalue weighted by Gasteiger charge is 2.01. The largest absolute Gasteiger partial charge is 0.335 e. The molecule has 3 nitrogen and oxygen atoms in total. The van der Waals surface area contributed by atoms with Gasteiger partial charge in [-0.2, -0.15) is 5.26 Å². The molecule has 74 valence electrons. The second-order valence-corrected chi connectivity index (χ2v) is 3.51. The van der Waals surface area contributed by atoms with Gasteiger partial charge in [0.1, 0.15) is 16.9 Å². The van der Waals surface area contributed by atoms with Crippen LogP contribution in [0.3, 0.4) is 0 Å². The highest BCUT2D eigenvalue weighted by molar-refractivity contribution is 6.29. The minimum absolute atomic E-state index is 0.471. The van der Waals surface area contributed by atoms with Crippen LogP contribution in [0.5, 0.6) is 0 Å². The average Bonchev–Trinajstić information content (AvgIpc) is 2.65. The van der Waals surface area contributed by atoms with Crippen LogP contribution in [0, 0.1) is 11.3 Å². The normalized spacial score (nSPS) is 9.87. The first-order valence-corrected chi connectivity index (χ1v) is 4.83. The summed E-state index contributed by atoms with van der Waals surface area (Å²) in [5.74, 6) is 0. The Morgan fingerprint density at radius 3 is 3.07 bits per heavy atom. The zero-order valence-electron chi connectivity index (χ0n) is 7.89. The standard InChI is InChI=1S/C11H8ClN3/c12-11-6-9(3-4-14-11)8-15-5-1-2-10(15)7-13/h1-6H,8H2. The van der Waals surface area contributed by atoms with E-state index in [2.05, 4.69) is 11.1 Å². The lowest BCUT2D eigenvalue weighted by molar-refractivity contribution is 0.792. The van der Waals surface area contributed by atoms with Gasteiger partial charge in [0.05, 0.1) is 0 Å². The summed E-state index contributed by atoms with van der Waals surface area (Å²) in [6.07, 6.45) is 3.53. The van der Waals surface area contributed by atoms with Crippen molar-refractivity contribution in [3.63, 3.8) is 0 Å². The molecule has 2 rings (SSSR count). The van der Waals surface area contributed by atoms with Crippen molar-refractivity contribution in [1.82, 2.24) is 9.55 Å². The molecular formula is C11H8ClN3. The molecule has 0 unspecified atom stereocenters. The van der Waals surface area contributed by atoms with Crippen LogP contribution in [-0.2, 0) is 6.54 Å². The van der Waals surface area contributed by atoms with Crippen molar-refractivity contribution in [2.45, 2.75) is 6.54 Å². The highest BCUT2D eigenvalue weighted by Crippen LogP contribution is 2.10. The van der Waals surface area contributed by atoms with Gasteiger partial charge in [0.2, 0.25) is 0 Å². The maximum atomic E-state index is 8.83. The Morgan fingerprint density at radius 1 is 1.47 bits per heavy atom. The maximum Gasteiger partial charge on any atom is 0.129 e. The number of aromatic nitrogens is 2. The molecule has 0 atom stereocenters. The lowest BCUT2D eigenvalue weighted by atomic mass is 10.2. The summed E-state index contributed by atoms with van der Waals surface area (Å²) in [4.78, 5) is 3.90. The van der Waals surface area contributed by atoms with E-state index in [9.17, 15) is 0 Å². The molecule has 0 spiro atoms. The molecule has 2 aromatic rings. The van der Waals surface area contributed by atoms with Gasteiger partial charge in [0.15, 0.2) is 0 Å². The van der Waals surface area contributed by atoms with Crippen LogP contribution in [-0.4, -0.2) is 9.55 Å². The lowest BCUT2D eigenvalue weighted by Gasteiger charge is -2.04. The van der Waals surface area contributed by atoms with Gasteiger partial charge in [-0.1, -0.05) is 11.6 Å². The first kappa shape index (κ1) is 9.75. The van der Waals surface area contributed by atoms with E-state index < -0.39 is 0 Å². The molecule has 0 aromatic carbocycles. The van der Waals surface area contributed by atoms with Crippen LogP contribution >= 0.6 is 11.6 Å². The van der Waals surface area contributed by atoms with Crippen LogP contribution < -0.4 is 0 Å². The summed E-state index contributed by atoms with van der Waals surface area (Å²) in [6.45, 7) is 0.637. The van der Waals surface area contributed by atoms with Crippen molar-refractivity contribution in [3.05, 3.63) is 53.1 Å². The van der Waals surface area contributed by atoms with Crippen LogP contribution in [0.25, 0.3) is 0 Å². The van der Waals surface area contributed by atoms with E-state index in [4.69, 9.17) is 16.9 Å². The first-order valence-electron chi connectivity index (χ1n) is 4.45. The molecule has 0 saturated carbocycles. The average molecular weight is 218 g/mol. The summed E-state index contributed by atoms with van der Waals surface area (Å²) in [6, 6.07) is 9.43.